The third kappa shape index (κ3) is 2.56. The van der Waals surface area contributed by atoms with Crippen molar-refractivity contribution in [2.45, 2.75) is 13.5 Å². The molecule has 0 radical (unpaired) electrons. The molecule has 2 heterocycles. The fourth-order valence-corrected chi connectivity index (χ4v) is 2.87. The van der Waals surface area contributed by atoms with Crippen molar-refractivity contribution in [3.8, 4) is 10.7 Å². The number of thiophene rings is 1. The van der Waals surface area contributed by atoms with Crippen molar-refractivity contribution in [1.29, 1.82) is 0 Å². The number of benzene rings is 1. The van der Waals surface area contributed by atoms with Gasteiger partial charge in [-0.05, 0) is 24.4 Å². The van der Waals surface area contributed by atoms with Crippen LogP contribution in [0.4, 0.5) is 0 Å². The van der Waals surface area contributed by atoms with Gasteiger partial charge < -0.3 is 4.57 Å². The standard InChI is InChI=1S/C16H14N2OS/c1-12-4-2-5-13(10-12)14(19)11-18-8-7-17-16(18)15-6-3-9-20-15/h2-10H,11H2,1H3. The molecule has 0 amide bonds. The Hall–Kier alpha value is -2.20. The third-order valence-electron chi connectivity index (χ3n) is 3.11. The molecule has 0 unspecified atom stereocenters. The molecule has 0 N–H and O–H groups in total. The van der Waals surface area contributed by atoms with E-state index < -0.39 is 0 Å². The average molecular weight is 282 g/mol. The van der Waals surface area contributed by atoms with Gasteiger partial charge in [-0.25, -0.2) is 4.98 Å². The molecule has 0 fully saturated rings. The Morgan fingerprint density at radius 1 is 1.30 bits per heavy atom. The van der Waals surface area contributed by atoms with Crippen LogP contribution in [-0.2, 0) is 6.54 Å². The molecule has 20 heavy (non-hydrogen) atoms. The van der Waals surface area contributed by atoms with Gasteiger partial charge in [0.15, 0.2) is 5.78 Å². The molecule has 3 aromatic rings. The molecule has 3 rings (SSSR count). The molecule has 0 aliphatic heterocycles. The van der Waals surface area contributed by atoms with Crippen LogP contribution >= 0.6 is 11.3 Å². The molecule has 4 heteroatoms. The van der Waals surface area contributed by atoms with Gasteiger partial charge in [-0.15, -0.1) is 11.3 Å². The van der Waals surface area contributed by atoms with E-state index >= 15 is 0 Å². The van der Waals surface area contributed by atoms with Gasteiger partial charge in [0.1, 0.15) is 5.82 Å². The van der Waals surface area contributed by atoms with E-state index in [0.717, 1.165) is 21.8 Å². The molecular formula is C16H14N2OS. The lowest BCUT2D eigenvalue weighted by atomic mass is 10.1. The number of aromatic nitrogens is 2. The van der Waals surface area contributed by atoms with E-state index in [9.17, 15) is 4.79 Å². The van der Waals surface area contributed by atoms with Crippen molar-refractivity contribution in [2.24, 2.45) is 0 Å². The largest absolute Gasteiger partial charge is 0.323 e. The second-order valence-electron chi connectivity index (χ2n) is 4.65. The summed E-state index contributed by atoms with van der Waals surface area (Å²) >= 11 is 1.63. The lowest BCUT2D eigenvalue weighted by molar-refractivity contribution is 0.0972. The molecule has 0 saturated heterocycles. The summed E-state index contributed by atoms with van der Waals surface area (Å²) in [5, 5.41) is 2.01. The quantitative estimate of drug-likeness (QED) is 0.682. The van der Waals surface area contributed by atoms with Crippen LogP contribution in [0.25, 0.3) is 10.7 Å². The Morgan fingerprint density at radius 3 is 2.95 bits per heavy atom. The minimum atomic E-state index is 0.101. The van der Waals surface area contributed by atoms with E-state index in [4.69, 9.17) is 0 Å². The summed E-state index contributed by atoms with van der Waals surface area (Å²) in [6.45, 7) is 2.31. The fourth-order valence-electron chi connectivity index (χ4n) is 2.13. The first-order valence-electron chi connectivity index (χ1n) is 6.39. The molecular weight excluding hydrogens is 268 g/mol. The van der Waals surface area contributed by atoms with E-state index in [1.54, 1.807) is 17.5 Å². The van der Waals surface area contributed by atoms with Crippen molar-refractivity contribution in [1.82, 2.24) is 9.55 Å². The minimum Gasteiger partial charge on any atom is -0.323 e. The SMILES string of the molecule is Cc1cccc(C(=O)Cn2ccnc2-c2cccs2)c1. The molecule has 0 aliphatic rings. The lowest BCUT2D eigenvalue weighted by Crippen LogP contribution is -2.10. The van der Waals surface area contributed by atoms with Crippen molar-refractivity contribution in [3.63, 3.8) is 0 Å². The predicted molar refractivity (Wildman–Crippen MR) is 81.0 cm³/mol. The van der Waals surface area contributed by atoms with Gasteiger partial charge >= 0.3 is 0 Å². The second-order valence-corrected chi connectivity index (χ2v) is 5.60. The summed E-state index contributed by atoms with van der Waals surface area (Å²) in [6, 6.07) is 11.7. The van der Waals surface area contributed by atoms with Crippen LogP contribution in [0, 0.1) is 6.92 Å². The normalized spacial score (nSPS) is 10.7. The van der Waals surface area contributed by atoms with Crippen molar-refractivity contribution < 1.29 is 4.79 Å². The first kappa shape index (κ1) is 12.8. The predicted octanol–water partition coefficient (Wildman–Crippen LogP) is 3.80. The van der Waals surface area contributed by atoms with Crippen LogP contribution < -0.4 is 0 Å². The topological polar surface area (TPSA) is 34.9 Å². The van der Waals surface area contributed by atoms with Crippen LogP contribution in [0.15, 0.2) is 54.2 Å². The summed E-state index contributed by atoms with van der Waals surface area (Å²) in [7, 11) is 0. The Labute approximate surface area is 121 Å². The smallest absolute Gasteiger partial charge is 0.182 e. The Balaban J connectivity index is 1.86. The highest BCUT2D eigenvalue weighted by molar-refractivity contribution is 7.13. The van der Waals surface area contributed by atoms with Crippen molar-refractivity contribution in [2.75, 3.05) is 0 Å². The molecule has 1 aromatic carbocycles. The lowest BCUT2D eigenvalue weighted by Gasteiger charge is -2.06. The maximum Gasteiger partial charge on any atom is 0.182 e. The highest BCUT2D eigenvalue weighted by atomic mass is 32.1. The number of carbonyl (C=O) groups is 1. The molecule has 0 atom stereocenters. The van der Waals surface area contributed by atoms with Gasteiger partial charge in [-0.2, -0.15) is 0 Å². The van der Waals surface area contributed by atoms with Gasteiger partial charge in [-0.1, -0.05) is 29.8 Å². The number of imidazole rings is 1. The van der Waals surface area contributed by atoms with Crippen LogP contribution in [0.5, 0.6) is 0 Å². The monoisotopic (exact) mass is 282 g/mol. The van der Waals surface area contributed by atoms with Crippen molar-refractivity contribution >= 4 is 17.1 Å². The second kappa shape index (κ2) is 5.43. The number of carbonyl (C=O) groups excluding carboxylic acids is 1. The number of nitrogens with zero attached hydrogens (tertiary/aromatic N) is 2. The maximum atomic E-state index is 12.3. The zero-order valence-electron chi connectivity index (χ0n) is 11.1. The molecule has 100 valence electrons. The van der Waals surface area contributed by atoms with E-state index in [0.29, 0.717) is 6.54 Å². The molecule has 0 aliphatic carbocycles. The molecule has 0 spiro atoms. The Bertz CT molecular complexity index is 729. The number of hydrogen-bond donors (Lipinski definition) is 0. The van der Waals surface area contributed by atoms with Gasteiger partial charge in [0.2, 0.25) is 0 Å². The van der Waals surface area contributed by atoms with Gasteiger partial charge in [0, 0.05) is 18.0 Å². The molecule has 0 bridgehead atoms. The summed E-state index contributed by atoms with van der Waals surface area (Å²) < 4.78 is 1.90. The number of rotatable bonds is 4. The van der Waals surface area contributed by atoms with Crippen LogP contribution in [-0.4, -0.2) is 15.3 Å². The fraction of sp³-hybridized carbons (Fsp3) is 0.125. The van der Waals surface area contributed by atoms with Crippen molar-refractivity contribution in [3.05, 3.63) is 65.3 Å². The summed E-state index contributed by atoms with van der Waals surface area (Å²) in [5.41, 5.74) is 1.84. The van der Waals surface area contributed by atoms with Crippen LogP contribution in [0.3, 0.4) is 0 Å². The average Bonchev–Trinajstić information content (AvgIpc) is 3.08. The Morgan fingerprint density at radius 2 is 2.20 bits per heavy atom. The Kier molecular flexibility index (Phi) is 3.48. The number of ketones is 1. The van der Waals surface area contributed by atoms with Gasteiger partial charge in [-0.3, -0.25) is 4.79 Å². The minimum absolute atomic E-state index is 0.101. The molecule has 2 aromatic heterocycles. The summed E-state index contributed by atoms with van der Waals surface area (Å²) in [5.74, 6) is 0.950. The zero-order valence-corrected chi connectivity index (χ0v) is 11.9. The van der Waals surface area contributed by atoms with Gasteiger partial charge in [0.05, 0.1) is 11.4 Å². The maximum absolute atomic E-state index is 12.3. The highest BCUT2D eigenvalue weighted by Crippen LogP contribution is 2.23. The first-order valence-corrected chi connectivity index (χ1v) is 7.27. The summed E-state index contributed by atoms with van der Waals surface area (Å²) in [4.78, 5) is 17.8. The number of hydrogen-bond acceptors (Lipinski definition) is 3. The number of Topliss-reactive ketones (excluding diaryl/α,β-unsaturated/α-hetero) is 1. The van der Waals surface area contributed by atoms with E-state index in [-0.39, 0.29) is 5.78 Å². The van der Waals surface area contributed by atoms with E-state index in [1.807, 2.05) is 59.5 Å². The van der Waals surface area contributed by atoms with Crippen LogP contribution in [0.2, 0.25) is 0 Å². The summed E-state index contributed by atoms with van der Waals surface area (Å²) in [6.07, 6.45) is 3.58. The first-order chi connectivity index (χ1) is 9.74. The van der Waals surface area contributed by atoms with Crippen LogP contribution in [0.1, 0.15) is 15.9 Å². The molecule has 3 nitrogen and oxygen atoms in total. The molecule has 0 saturated carbocycles. The highest BCUT2D eigenvalue weighted by Gasteiger charge is 2.11. The van der Waals surface area contributed by atoms with Gasteiger partial charge in [0.25, 0.3) is 0 Å². The van der Waals surface area contributed by atoms with E-state index in [2.05, 4.69) is 4.98 Å². The zero-order chi connectivity index (χ0) is 13.9. The van der Waals surface area contributed by atoms with E-state index in [1.165, 1.54) is 0 Å². The third-order valence-corrected chi connectivity index (χ3v) is 3.98. The number of aryl methyl sites for hydroxylation is 1.